The summed E-state index contributed by atoms with van der Waals surface area (Å²) in [5.41, 5.74) is 3.60. The molecule has 0 atom stereocenters. The molecule has 3 aromatic carbocycles. The third-order valence-corrected chi connectivity index (χ3v) is 6.05. The Morgan fingerprint density at radius 3 is 2.56 bits per heavy atom. The highest BCUT2D eigenvalue weighted by Crippen LogP contribution is 2.27. The number of rotatable bonds is 3. The van der Waals surface area contributed by atoms with E-state index < -0.39 is 0 Å². The summed E-state index contributed by atoms with van der Waals surface area (Å²) < 4.78 is 8.76. The summed E-state index contributed by atoms with van der Waals surface area (Å²) in [5.74, 6) is 0.405. The lowest BCUT2D eigenvalue weighted by Crippen LogP contribution is -2.13. The maximum absolute atomic E-state index is 12.6. The number of fused-ring (bicyclic) bond motifs is 1. The quantitative estimate of drug-likeness (QED) is 0.252. The molecule has 0 aliphatic heterocycles. The van der Waals surface area contributed by atoms with Crippen LogP contribution in [-0.4, -0.2) is 10.9 Å². The number of halogens is 3. The van der Waals surface area contributed by atoms with Crippen LogP contribution in [0.4, 0.5) is 5.69 Å². The van der Waals surface area contributed by atoms with E-state index >= 15 is 0 Å². The molecule has 1 aromatic heterocycles. The maximum Gasteiger partial charge on any atom is 0.256 e. The zero-order chi connectivity index (χ0) is 19.0. The van der Waals surface area contributed by atoms with Gasteiger partial charge in [0.15, 0.2) is 5.58 Å². The molecule has 4 rings (SSSR count). The second kappa shape index (κ2) is 7.88. The SMILES string of the molecule is O=C(Nc1ccc2oc(-c3ccc(Br)cc3)nc2c1)c1cc(I)ccc1I. The lowest BCUT2D eigenvalue weighted by Gasteiger charge is -2.07. The first-order valence-corrected chi connectivity index (χ1v) is 10.9. The van der Waals surface area contributed by atoms with Crippen LogP contribution >= 0.6 is 61.1 Å². The molecule has 0 fully saturated rings. The molecule has 27 heavy (non-hydrogen) atoms. The molecule has 0 aliphatic carbocycles. The van der Waals surface area contributed by atoms with Crippen molar-refractivity contribution in [2.45, 2.75) is 0 Å². The maximum atomic E-state index is 12.6. The number of benzene rings is 3. The van der Waals surface area contributed by atoms with Crippen molar-refractivity contribution >= 4 is 83.8 Å². The van der Waals surface area contributed by atoms with E-state index in [1.54, 1.807) is 0 Å². The summed E-state index contributed by atoms with van der Waals surface area (Å²) in [5, 5.41) is 2.94. The predicted molar refractivity (Wildman–Crippen MR) is 127 cm³/mol. The molecule has 1 amide bonds. The topological polar surface area (TPSA) is 55.1 Å². The molecule has 4 nitrogen and oxygen atoms in total. The van der Waals surface area contributed by atoms with Gasteiger partial charge in [-0.1, -0.05) is 15.9 Å². The van der Waals surface area contributed by atoms with E-state index in [2.05, 4.69) is 71.4 Å². The minimum atomic E-state index is -0.145. The molecular weight excluding hydrogens is 634 g/mol. The molecule has 1 N–H and O–H groups in total. The fraction of sp³-hybridized carbons (Fsp3) is 0. The Kier molecular flexibility index (Phi) is 5.51. The van der Waals surface area contributed by atoms with Gasteiger partial charge < -0.3 is 9.73 Å². The fourth-order valence-corrected chi connectivity index (χ4v) is 3.93. The van der Waals surface area contributed by atoms with Gasteiger partial charge >= 0.3 is 0 Å². The molecule has 0 spiro atoms. The molecule has 134 valence electrons. The number of hydrogen-bond donors (Lipinski definition) is 1. The van der Waals surface area contributed by atoms with Crippen LogP contribution in [0, 0.1) is 7.14 Å². The first kappa shape index (κ1) is 18.9. The fourth-order valence-electron chi connectivity index (χ4n) is 2.59. The average molecular weight is 645 g/mol. The highest BCUT2D eigenvalue weighted by atomic mass is 127. The van der Waals surface area contributed by atoms with Gasteiger partial charge in [0.1, 0.15) is 5.52 Å². The van der Waals surface area contributed by atoms with Crippen molar-refractivity contribution in [3.8, 4) is 11.5 Å². The average Bonchev–Trinajstić information content (AvgIpc) is 3.07. The van der Waals surface area contributed by atoms with Crippen molar-refractivity contribution in [2.75, 3.05) is 5.32 Å². The lowest BCUT2D eigenvalue weighted by molar-refractivity contribution is 0.102. The van der Waals surface area contributed by atoms with E-state index in [4.69, 9.17) is 4.42 Å². The van der Waals surface area contributed by atoms with E-state index in [9.17, 15) is 4.79 Å². The van der Waals surface area contributed by atoms with Crippen molar-refractivity contribution in [2.24, 2.45) is 0 Å². The second-order valence-electron chi connectivity index (χ2n) is 5.79. The Hall–Kier alpha value is -1.46. The molecule has 0 radical (unpaired) electrons. The number of anilines is 1. The Bertz CT molecular complexity index is 1160. The van der Waals surface area contributed by atoms with Crippen LogP contribution in [0.2, 0.25) is 0 Å². The molecular formula is C20H11BrI2N2O2. The van der Waals surface area contributed by atoms with Gasteiger partial charge in [0, 0.05) is 22.9 Å². The van der Waals surface area contributed by atoms with Crippen LogP contribution in [0.5, 0.6) is 0 Å². The predicted octanol–water partition coefficient (Wildman–Crippen LogP) is 6.72. The van der Waals surface area contributed by atoms with Crippen LogP contribution in [0.3, 0.4) is 0 Å². The van der Waals surface area contributed by atoms with Crippen molar-refractivity contribution < 1.29 is 9.21 Å². The minimum absolute atomic E-state index is 0.145. The molecule has 7 heteroatoms. The number of carbonyl (C=O) groups is 1. The molecule has 1 heterocycles. The van der Waals surface area contributed by atoms with Gasteiger partial charge in [-0.25, -0.2) is 4.98 Å². The normalized spacial score (nSPS) is 10.9. The minimum Gasteiger partial charge on any atom is -0.436 e. The number of nitrogens with one attached hydrogen (secondary N) is 1. The molecule has 0 saturated carbocycles. The highest BCUT2D eigenvalue weighted by Gasteiger charge is 2.13. The smallest absolute Gasteiger partial charge is 0.256 e. The number of carbonyl (C=O) groups excluding carboxylic acids is 1. The van der Waals surface area contributed by atoms with Gasteiger partial charge in [-0.2, -0.15) is 0 Å². The number of nitrogens with zero attached hydrogens (tertiary/aromatic N) is 1. The van der Waals surface area contributed by atoms with E-state index in [1.807, 2.05) is 60.7 Å². The monoisotopic (exact) mass is 644 g/mol. The second-order valence-corrected chi connectivity index (χ2v) is 9.11. The lowest BCUT2D eigenvalue weighted by atomic mass is 10.2. The van der Waals surface area contributed by atoms with Gasteiger partial charge in [-0.3, -0.25) is 4.79 Å². The molecule has 0 saturated heterocycles. The van der Waals surface area contributed by atoms with E-state index in [0.717, 1.165) is 17.2 Å². The number of oxazole rings is 1. The largest absolute Gasteiger partial charge is 0.436 e. The van der Waals surface area contributed by atoms with Gasteiger partial charge in [0.05, 0.1) is 5.56 Å². The van der Waals surface area contributed by atoms with E-state index in [1.165, 1.54) is 0 Å². The van der Waals surface area contributed by atoms with E-state index in [0.29, 0.717) is 28.2 Å². The molecule has 0 bridgehead atoms. The molecule has 4 aromatic rings. The van der Waals surface area contributed by atoms with E-state index in [-0.39, 0.29) is 5.91 Å². The third kappa shape index (κ3) is 4.19. The van der Waals surface area contributed by atoms with Gasteiger partial charge in [0.25, 0.3) is 5.91 Å². The first-order valence-electron chi connectivity index (χ1n) is 7.92. The van der Waals surface area contributed by atoms with Crippen LogP contribution in [-0.2, 0) is 0 Å². The van der Waals surface area contributed by atoms with Crippen LogP contribution in [0.15, 0.2) is 69.6 Å². The Morgan fingerprint density at radius 2 is 1.78 bits per heavy atom. The van der Waals surface area contributed by atoms with Crippen molar-refractivity contribution in [3.63, 3.8) is 0 Å². The van der Waals surface area contributed by atoms with Crippen LogP contribution in [0.25, 0.3) is 22.6 Å². The Balaban J connectivity index is 1.62. The Morgan fingerprint density at radius 1 is 1.00 bits per heavy atom. The highest BCUT2D eigenvalue weighted by molar-refractivity contribution is 14.1. The van der Waals surface area contributed by atoms with Gasteiger partial charge in [0.2, 0.25) is 5.89 Å². The van der Waals surface area contributed by atoms with Gasteiger partial charge in [-0.05, 0) is 106 Å². The number of hydrogen-bond acceptors (Lipinski definition) is 3. The summed E-state index contributed by atoms with van der Waals surface area (Å²) in [6.45, 7) is 0. The van der Waals surface area contributed by atoms with Crippen molar-refractivity contribution in [1.82, 2.24) is 4.98 Å². The van der Waals surface area contributed by atoms with Gasteiger partial charge in [-0.15, -0.1) is 0 Å². The Labute approximate surface area is 191 Å². The standard InChI is InChI=1S/C20H11BrI2N2O2/c21-12-3-1-11(2-4-12)20-25-17-10-14(6-8-18(17)27-20)24-19(26)15-9-13(22)5-7-16(15)23/h1-10H,(H,24,26). The summed E-state index contributed by atoms with van der Waals surface area (Å²) in [4.78, 5) is 17.2. The summed E-state index contributed by atoms with van der Waals surface area (Å²) >= 11 is 7.79. The number of aromatic nitrogens is 1. The zero-order valence-corrected chi connectivity index (χ0v) is 19.6. The molecule has 0 aliphatic rings. The number of amides is 1. The summed E-state index contributed by atoms with van der Waals surface area (Å²) in [6, 6.07) is 19.0. The van der Waals surface area contributed by atoms with Crippen LogP contribution in [0.1, 0.15) is 10.4 Å². The summed E-state index contributed by atoms with van der Waals surface area (Å²) in [6.07, 6.45) is 0. The first-order chi connectivity index (χ1) is 13.0. The third-order valence-electron chi connectivity index (χ3n) is 3.91. The summed E-state index contributed by atoms with van der Waals surface area (Å²) in [7, 11) is 0. The van der Waals surface area contributed by atoms with Crippen LogP contribution < -0.4 is 5.32 Å². The van der Waals surface area contributed by atoms with Crippen molar-refractivity contribution in [1.29, 1.82) is 0 Å². The van der Waals surface area contributed by atoms with Crippen molar-refractivity contribution in [3.05, 3.63) is 77.8 Å². The zero-order valence-electron chi connectivity index (χ0n) is 13.7. The molecule has 0 unspecified atom stereocenters.